The Bertz CT molecular complexity index is 874. The minimum Gasteiger partial charge on any atom is -0.337 e. The molecule has 1 fully saturated rings. The minimum atomic E-state index is -3.53. The van der Waals surface area contributed by atoms with Gasteiger partial charge in [-0.05, 0) is 30.5 Å². The van der Waals surface area contributed by atoms with E-state index in [1.807, 2.05) is 6.92 Å². The van der Waals surface area contributed by atoms with Crippen molar-refractivity contribution in [2.45, 2.75) is 18.5 Å². The van der Waals surface area contributed by atoms with E-state index in [2.05, 4.69) is 4.98 Å². The lowest BCUT2D eigenvalue weighted by Crippen LogP contribution is -2.34. The van der Waals surface area contributed by atoms with Gasteiger partial charge in [0.15, 0.2) is 5.69 Å². The number of pyridine rings is 1. The summed E-state index contributed by atoms with van der Waals surface area (Å²) in [5.74, 6) is -0.249. The topological polar surface area (TPSA) is 97.8 Å². The molecular weight excluding hydrogens is 316 g/mol. The first-order valence-electron chi connectivity index (χ1n) is 7.42. The van der Waals surface area contributed by atoms with E-state index in [9.17, 15) is 13.2 Å². The number of nitrogens with zero attached hydrogens (tertiary/aromatic N) is 3. The van der Waals surface area contributed by atoms with Gasteiger partial charge in [-0.1, -0.05) is 13.0 Å². The Labute approximate surface area is 135 Å². The molecule has 0 radical (unpaired) electrons. The minimum absolute atomic E-state index is 0.0924. The molecule has 0 saturated carbocycles. The standard InChI is InChI=1S/C15H20N4O3S/c1-15(9-16)6-8-18(10-15)13(20)12-11-5-3-4-7-19(11)14(17-12)23(2,21)22/h3-5,7H,6,8-10,16H2,1-2H3. The molecule has 3 rings (SSSR count). The number of nitrogens with two attached hydrogens (primary N) is 1. The van der Waals surface area contributed by atoms with Crippen LogP contribution in [-0.2, 0) is 9.84 Å². The second-order valence-electron chi connectivity index (χ2n) is 6.46. The van der Waals surface area contributed by atoms with Crippen LogP contribution in [0.15, 0.2) is 29.6 Å². The summed E-state index contributed by atoms with van der Waals surface area (Å²) in [5, 5.41) is -0.114. The largest absolute Gasteiger partial charge is 0.337 e. The molecule has 7 nitrogen and oxygen atoms in total. The van der Waals surface area contributed by atoms with Crippen LogP contribution >= 0.6 is 0 Å². The number of likely N-dealkylation sites (tertiary alicyclic amines) is 1. The number of hydrogen-bond donors (Lipinski definition) is 1. The van der Waals surface area contributed by atoms with Crippen LogP contribution in [0.4, 0.5) is 0 Å². The molecule has 1 saturated heterocycles. The number of carbonyl (C=O) groups excluding carboxylic acids is 1. The fraction of sp³-hybridized carbons (Fsp3) is 0.467. The van der Waals surface area contributed by atoms with Crippen molar-refractivity contribution in [2.24, 2.45) is 11.1 Å². The number of rotatable bonds is 3. The van der Waals surface area contributed by atoms with E-state index in [4.69, 9.17) is 5.73 Å². The van der Waals surface area contributed by atoms with E-state index in [1.54, 1.807) is 29.3 Å². The van der Waals surface area contributed by atoms with Gasteiger partial charge in [0.2, 0.25) is 15.0 Å². The molecule has 0 aliphatic carbocycles. The number of imidazole rings is 1. The fourth-order valence-electron chi connectivity index (χ4n) is 2.94. The van der Waals surface area contributed by atoms with E-state index in [0.29, 0.717) is 25.2 Å². The van der Waals surface area contributed by atoms with Crippen molar-refractivity contribution in [2.75, 3.05) is 25.9 Å². The monoisotopic (exact) mass is 336 g/mol. The Morgan fingerprint density at radius 2 is 2.17 bits per heavy atom. The molecule has 1 amide bonds. The molecule has 1 unspecified atom stereocenters. The van der Waals surface area contributed by atoms with Gasteiger partial charge in [0, 0.05) is 25.5 Å². The first-order valence-corrected chi connectivity index (χ1v) is 9.31. The molecule has 0 bridgehead atoms. The third kappa shape index (κ3) is 2.72. The average molecular weight is 336 g/mol. The highest BCUT2D eigenvalue weighted by molar-refractivity contribution is 7.90. The van der Waals surface area contributed by atoms with E-state index in [0.717, 1.165) is 12.7 Å². The molecule has 2 aromatic heterocycles. The first kappa shape index (κ1) is 15.9. The van der Waals surface area contributed by atoms with Crippen molar-refractivity contribution < 1.29 is 13.2 Å². The van der Waals surface area contributed by atoms with Crippen molar-refractivity contribution in [1.29, 1.82) is 0 Å². The molecule has 23 heavy (non-hydrogen) atoms. The van der Waals surface area contributed by atoms with Crippen molar-refractivity contribution in [3.05, 3.63) is 30.1 Å². The van der Waals surface area contributed by atoms with Crippen molar-refractivity contribution >= 4 is 21.3 Å². The number of sulfone groups is 1. The van der Waals surface area contributed by atoms with E-state index < -0.39 is 9.84 Å². The lowest BCUT2D eigenvalue weighted by Gasteiger charge is -2.22. The second-order valence-corrected chi connectivity index (χ2v) is 8.37. The maximum Gasteiger partial charge on any atom is 0.274 e. The maximum absolute atomic E-state index is 12.8. The molecule has 124 valence electrons. The highest BCUT2D eigenvalue weighted by atomic mass is 32.2. The Balaban J connectivity index is 2.06. The molecule has 1 aliphatic rings. The van der Waals surface area contributed by atoms with E-state index in [-0.39, 0.29) is 22.2 Å². The molecule has 3 heterocycles. The molecule has 0 spiro atoms. The number of hydrogen-bond acceptors (Lipinski definition) is 5. The van der Waals surface area contributed by atoms with Crippen LogP contribution < -0.4 is 5.73 Å². The molecular formula is C15H20N4O3S. The lowest BCUT2D eigenvalue weighted by atomic mass is 9.90. The van der Waals surface area contributed by atoms with Crippen molar-refractivity contribution in [3.63, 3.8) is 0 Å². The fourth-order valence-corrected chi connectivity index (χ4v) is 3.72. The van der Waals surface area contributed by atoms with Gasteiger partial charge in [-0.15, -0.1) is 0 Å². The smallest absolute Gasteiger partial charge is 0.274 e. The third-order valence-corrected chi connectivity index (χ3v) is 5.34. The van der Waals surface area contributed by atoms with Crippen LogP contribution in [0.25, 0.3) is 5.52 Å². The SMILES string of the molecule is CC1(CN)CCN(C(=O)c2nc(S(C)(=O)=O)n3ccccc23)C1. The van der Waals surface area contributed by atoms with Crippen molar-refractivity contribution in [3.8, 4) is 0 Å². The zero-order valence-electron chi connectivity index (χ0n) is 13.2. The lowest BCUT2D eigenvalue weighted by molar-refractivity contribution is 0.0773. The van der Waals surface area contributed by atoms with Gasteiger partial charge in [-0.25, -0.2) is 13.4 Å². The van der Waals surface area contributed by atoms with E-state index in [1.165, 1.54) is 4.40 Å². The molecule has 0 aromatic carbocycles. The summed E-state index contributed by atoms with van der Waals surface area (Å²) in [4.78, 5) is 18.7. The number of carbonyl (C=O) groups is 1. The summed E-state index contributed by atoms with van der Waals surface area (Å²) in [5.41, 5.74) is 6.36. The zero-order valence-corrected chi connectivity index (χ0v) is 14.0. The Kier molecular flexibility index (Phi) is 3.68. The van der Waals surface area contributed by atoms with Crippen LogP contribution in [-0.4, -0.2) is 54.5 Å². The predicted molar refractivity (Wildman–Crippen MR) is 86.0 cm³/mol. The predicted octanol–water partition coefficient (Wildman–Crippen LogP) is 0.549. The highest BCUT2D eigenvalue weighted by Crippen LogP contribution is 2.30. The molecule has 1 atom stereocenters. The van der Waals surface area contributed by atoms with Gasteiger partial charge >= 0.3 is 0 Å². The van der Waals surface area contributed by atoms with E-state index >= 15 is 0 Å². The molecule has 1 aliphatic heterocycles. The van der Waals surface area contributed by atoms with Gasteiger partial charge in [0.05, 0.1) is 5.52 Å². The number of fused-ring (bicyclic) bond motifs is 1. The third-order valence-electron chi connectivity index (χ3n) is 4.39. The summed E-state index contributed by atoms with van der Waals surface area (Å²) in [6, 6.07) is 5.17. The summed E-state index contributed by atoms with van der Waals surface area (Å²) >= 11 is 0. The second kappa shape index (κ2) is 5.31. The summed E-state index contributed by atoms with van der Waals surface area (Å²) in [7, 11) is -3.53. The Morgan fingerprint density at radius 1 is 1.43 bits per heavy atom. The van der Waals surface area contributed by atoms with Crippen LogP contribution in [0.2, 0.25) is 0 Å². The Hall–Kier alpha value is -1.93. The van der Waals surface area contributed by atoms with Gasteiger partial charge in [-0.3, -0.25) is 9.20 Å². The van der Waals surface area contributed by atoms with Crippen LogP contribution in [0, 0.1) is 5.41 Å². The molecule has 2 N–H and O–H groups in total. The number of amides is 1. The summed E-state index contributed by atoms with van der Waals surface area (Å²) in [6.45, 7) is 3.72. The maximum atomic E-state index is 12.8. The van der Waals surface area contributed by atoms with Gasteiger partial charge in [0.25, 0.3) is 5.91 Å². The average Bonchev–Trinajstić information content (AvgIpc) is 3.08. The first-order chi connectivity index (χ1) is 10.7. The number of aromatic nitrogens is 2. The quantitative estimate of drug-likeness (QED) is 0.882. The van der Waals surface area contributed by atoms with Crippen LogP contribution in [0.1, 0.15) is 23.8 Å². The van der Waals surface area contributed by atoms with Gasteiger partial charge in [-0.2, -0.15) is 0 Å². The van der Waals surface area contributed by atoms with Crippen LogP contribution in [0.3, 0.4) is 0 Å². The van der Waals surface area contributed by atoms with Crippen molar-refractivity contribution in [1.82, 2.24) is 14.3 Å². The molecule has 2 aromatic rings. The Morgan fingerprint density at radius 3 is 2.78 bits per heavy atom. The zero-order chi connectivity index (χ0) is 16.8. The molecule has 8 heteroatoms. The normalized spacial score (nSPS) is 22.0. The highest BCUT2D eigenvalue weighted by Gasteiger charge is 2.37. The van der Waals surface area contributed by atoms with Gasteiger partial charge in [0.1, 0.15) is 0 Å². The van der Waals surface area contributed by atoms with Crippen LogP contribution in [0.5, 0.6) is 0 Å². The summed E-state index contributed by atoms with van der Waals surface area (Å²) in [6.07, 6.45) is 3.52. The van der Waals surface area contributed by atoms with Gasteiger partial charge < -0.3 is 10.6 Å². The summed E-state index contributed by atoms with van der Waals surface area (Å²) < 4.78 is 25.3.